The lowest BCUT2D eigenvalue weighted by atomic mass is 9.72. The van der Waals surface area contributed by atoms with Crippen LogP contribution >= 0.6 is 0 Å². The minimum atomic E-state index is -0.960. The first kappa shape index (κ1) is 17.9. The molecule has 5 nitrogen and oxygen atoms in total. The summed E-state index contributed by atoms with van der Waals surface area (Å²) in [5.74, 6) is -0.445. The second-order valence-corrected chi connectivity index (χ2v) is 6.53. The third-order valence-electron chi connectivity index (χ3n) is 5.01. The first-order chi connectivity index (χ1) is 12.5. The van der Waals surface area contributed by atoms with Crippen LogP contribution in [0.4, 0.5) is 9.18 Å². The van der Waals surface area contributed by atoms with Crippen molar-refractivity contribution in [3.63, 3.8) is 0 Å². The molecule has 0 saturated carbocycles. The maximum absolute atomic E-state index is 13.1. The maximum atomic E-state index is 13.1. The van der Waals surface area contributed by atoms with Gasteiger partial charge in [-0.2, -0.15) is 0 Å². The van der Waals surface area contributed by atoms with Gasteiger partial charge in [-0.3, -0.25) is 4.79 Å². The molecule has 1 aliphatic heterocycles. The standard InChI is InChI=1S/C20H21FN2O3/c21-17-8-6-15(7-9-17)14-22-18(24)20(16-4-2-1-3-5-16)10-12-23(13-11-20)19(25)26/h1-9H,10-14H2,(H,22,24)(H,25,26). The molecule has 0 spiro atoms. The Balaban J connectivity index is 1.78. The number of hydrogen-bond acceptors (Lipinski definition) is 2. The summed E-state index contributed by atoms with van der Waals surface area (Å²) in [5.41, 5.74) is 0.945. The molecular formula is C20H21FN2O3. The summed E-state index contributed by atoms with van der Waals surface area (Å²) in [6, 6.07) is 15.5. The topological polar surface area (TPSA) is 69.6 Å². The number of nitrogens with zero attached hydrogens (tertiary/aromatic N) is 1. The molecule has 0 aliphatic carbocycles. The van der Waals surface area contributed by atoms with Crippen molar-refractivity contribution < 1.29 is 19.1 Å². The van der Waals surface area contributed by atoms with E-state index < -0.39 is 11.5 Å². The summed E-state index contributed by atoms with van der Waals surface area (Å²) in [6.45, 7) is 0.929. The Morgan fingerprint density at radius 2 is 1.65 bits per heavy atom. The number of amides is 2. The lowest BCUT2D eigenvalue weighted by molar-refractivity contribution is -0.128. The van der Waals surface area contributed by atoms with Crippen LogP contribution in [0.25, 0.3) is 0 Å². The van der Waals surface area contributed by atoms with Crippen molar-refractivity contribution in [1.82, 2.24) is 10.2 Å². The monoisotopic (exact) mass is 356 g/mol. The Morgan fingerprint density at radius 3 is 2.23 bits per heavy atom. The molecule has 2 aromatic carbocycles. The van der Waals surface area contributed by atoms with Crippen LogP contribution in [0.1, 0.15) is 24.0 Å². The van der Waals surface area contributed by atoms with Gasteiger partial charge < -0.3 is 15.3 Å². The fourth-order valence-electron chi connectivity index (χ4n) is 3.44. The molecule has 2 N–H and O–H groups in total. The van der Waals surface area contributed by atoms with Crippen LogP contribution in [-0.2, 0) is 16.8 Å². The van der Waals surface area contributed by atoms with Crippen molar-refractivity contribution >= 4 is 12.0 Å². The third kappa shape index (κ3) is 3.69. The van der Waals surface area contributed by atoms with Gasteiger partial charge in [-0.25, -0.2) is 9.18 Å². The highest BCUT2D eigenvalue weighted by Gasteiger charge is 2.43. The average molecular weight is 356 g/mol. The van der Waals surface area contributed by atoms with E-state index in [9.17, 15) is 19.1 Å². The summed E-state index contributed by atoms with van der Waals surface area (Å²) in [6.07, 6.45) is -0.102. The molecule has 0 atom stereocenters. The Kier molecular flexibility index (Phi) is 5.21. The van der Waals surface area contributed by atoms with Gasteiger partial charge in [0.1, 0.15) is 5.82 Å². The highest BCUT2D eigenvalue weighted by atomic mass is 19.1. The van der Waals surface area contributed by atoms with E-state index in [1.807, 2.05) is 30.3 Å². The first-order valence-corrected chi connectivity index (χ1v) is 8.57. The Hall–Kier alpha value is -2.89. The van der Waals surface area contributed by atoms with Crippen LogP contribution in [-0.4, -0.2) is 35.1 Å². The number of halogens is 1. The highest BCUT2D eigenvalue weighted by Crippen LogP contribution is 2.36. The molecule has 0 aromatic heterocycles. The van der Waals surface area contributed by atoms with Crippen molar-refractivity contribution in [3.05, 3.63) is 71.5 Å². The van der Waals surface area contributed by atoms with Crippen molar-refractivity contribution in [1.29, 1.82) is 0 Å². The zero-order valence-electron chi connectivity index (χ0n) is 14.3. The molecule has 3 rings (SSSR count). The largest absolute Gasteiger partial charge is 0.465 e. The van der Waals surface area contributed by atoms with Gasteiger partial charge in [0.05, 0.1) is 5.41 Å². The smallest absolute Gasteiger partial charge is 0.407 e. The minimum Gasteiger partial charge on any atom is -0.465 e. The molecule has 26 heavy (non-hydrogen) atoms. The quantitative estimate of drug-likeness (QED) is 0.884. The summed E-state index contributed by atoms with van der Waals surface area (Å²) in [5, 5.41) is 12.1. The predicted octanol–water partition coefficient (Wildman–Crippen LogP) is 3.15. The number of piperidine rings is 1. The second kappa shape index (κ2) is 7.56. The molecule has 1 fully saturated rings. The van der Waals surface area contributed by atoms with E-state index in [2.05, 4.69) is 5.32 Å². The van der Waals surface area contributed by atoms with Crippen LogP contribution < -0.4 is 5.32 Å². The first-order valence-electron chi connectivity index (χ1n) is 8.57. The van der Waals surface area contributed by atoms with Crippen molar-refractivity contribution in [2.45, 2.75) is 24.8 Å². The molecule has 136 valence electrons. The number of hydrogen-bond donors (Lipinski definition) is 2. The number of nitrogens with one attached hydrogen (secondary N) is 1. The molecule has 1 saturated heterocycles. The Labute approximate surface area is 151 Å². The van der Waals surface area contributed by atoms with E-state index in [4.69, 9.17) is 0 Å². The van der Waals surface area contributed by atoms with Crippen molar-refractivity contribution in [3.8, 4) is 0 Å². The van der Waals surface area contributed by atoms with Gasteiger partial charge in [0.25, 0.3) is 0 Å². The molecule has 0 bridgehead atoms. The van der Waals surface area contributed by atoms with Crippen LogP contribution in [0.2, 0.25) is 0 Å². The second-order valence-electron chi connectivity index (χ2n) is 6.53. The van der Waals surface area contributed by atoms with Crippen LogP contribution in [0.3, 0.4) is 0 Å². The predicted molar refractivity (Wildman–Crippen MR) is 95.2 cm³/mol. The highest BCUT2D eigenvalue weighted by molar-refractivity contribution is 5.88. The lowest BCUT2D eigenvalue weighted by Crippen LogP contribution is -2.52. The fraction of sp³-hybridized carbons (Fsp3) is 0.300. The molecule has 6 heteroatoms. The van der Waals surface area contributed by atoms with Crippen molar-refractivity contribution in [2.75, 3.05) is 13.1 Å². The molecule has 1 heterocycles. The Bertz CT molecular complexity index is 769. The van der Waals surface area contributed by atoms with E-state index in [1.54, 1.807) is 12.1 Å². The van der Waals surface area contributed by atoms with Crippen LogP contribution in [0, 0.1) is 5.82 Å². The lowest BCUT2D eigenvalue weighted by Gasteiger charge is -2.40. The van der Waals surface area contributed by atoms with Gasteiger partial charge in [0, 0.05) is 19.6 Å². The summed E-state index contributed by atoms with van der Waals surface area (Å²) in [7, 11) is 0. The number of carbonyl (C=O) groups excluding carboxylic acids is 1. The molecule has 0 radical (unpaired) electrons. The van der Waals surface area contributed by atoms with E-state index >= 15 is 0 Å². The van der Waals surface area contributed by atoms with Gasteiger partial charge >= 0.3 is 6.09 Å². The van der Waals surface area contributed by atoms with Crippen LogP contribution in [0.15, 0.2) is 54.6 Å². The van der Waals surface area contributed by atoms with Gasteiger partial charge in [0.2, 0.25) is 5.91 Å². The van der Waals surface area contributed by atoms with E-state index in [-0.39, 0.29) is 11.7 Å². The maximum Gasteiger partial charge on any atom is 0.407 e. The SMILES string of the molecule is O=C(O)N1CCC(C(=O)NCc2ccc(F)cc2)(c2ccccc2)CC1. The molecule has 2 amide bonds. The van der Waals surface area contributed by atoms with Crippen LogP contribution in [0.5, 0.6) is 0 Å². The number of benzene rings is 2. The normalized spacial score (nSPS) is 16.1. The Morgan fingerprint density at radius 1 is 1.04 bits per heavy atom. The molecule has 0 unspecified atom stereocenters. The number of likely N-dealkylation sites (tertiary alicyclic amines) is 1. The molecular weight excluding hydrogens is 335 g/mol. The molecule has 1 aliphatic rings. The number of carboxylic acid groups (broad SMARTS) is 1. The summed E-state index contributed by atoms with van der Waals surface area (Å²) < 4.78 is 13.0. The van der Waals surface area contributed by atoms with Gasteiger partial charge in [0.15, 0.2) is 0 Å². The zero-order valence-corrected chi connectivity index (χ0v) is 14.3. The number of rotatable bonds is 4. The minimum absolute atomic E-state index is 0.127. The van der Waals surface area contributed by atoms with E-state index in [0.717, 1.165) is 11.1 Å². The van der Waals surface area contributed by atoms with Gasteiger partial charge in [-0.1, -0.05) is 42.5 Å². The fourth-order valence-corrected chi connectivity index (χ4v) is 3.44. The van der Waals surface area contributed by atoms with E-state index in [1.165, 1.54) is 17.0 Å². The van der Waals surface area contributed by atoms with E-state index in [0.29, 0.717) is 32.5 Å². The average Bonchev–Trinajstić information content (AvgIpc) is 2.68. The summed E-state index contributed by atoms with van der Waals surface area (Å²) >= 11 is 0. The van der Waals surface area contributed by atoms with Gasteiger partial charge in [-0.15, -0.1) is 0 Å². The third-order valence-corrected chi connectivity index (χ3v) is 5.01. The van der Waals surface area contributed by atoms with Gasteiger partial charge in [-0.05, 0) is 36.1 Å². The molecule has 2 aromatic rings. The number of carbonyl (C=O) groups is 2. The zero-order chi connectivity index (χ0) is 18.6. The van der Waals surface area contributed by atoms with Crippen molar-refractivity contribution in [2.24, 2.45) is 0 Å². The summed E-state index contributed by atoms with van der Waals surface area (Å²) in [4.78, 5) is 25.6.